The summed E-state index contributed by atoms with van der Waals surface area (Å²) in [6, 6.07) is 9.39. The van der Waals surface area contributed by atoms with Gasteiger partial charge in [0.2, 0.25) is 5.91 Å². The van der Waals surface area contributed by atoms with Gasteiger partial charge in [0.15, 0.2) is 5.75 Å². The van der Waals surface area contributed by atoms with E-state index in [1.54, 1.807) is 45.0 Å². The molecule has 1 aromatic carbocycles. The molecule has 43 heavy (non-hydrogen) atoms. The van der Waals surface area contributed by atoms with Crippen molar-refractivity contribution in [2.75, 3.05) is 30.0 Å². The summed E-state index contributed by atoms with van der Waals surface area (Å²) >= 11 is 0. The van der Waals surface area contributed by atoms with Crippen LogP contribution in [0.5, 0.6) is 5.75 Å². The number of pyridine rings is 2. The molecule has 2 heterocycles. The zero-order valence-electron chi connectivity index (χ0n) is 27.2. The van der Waals surface area contributed by atoms with E-state index in [-0.39, 0.29) is 52.4 Å². The first kappa shape index (κ1) is 26.7. The van der Waals surface area contributed by atoms with Crippen LogP contribution in [-0.4, -0.2) is 53.5 Å². The Kier molecular flexibility index (Phi) is 8.18. The van der Waals surface area contributed by atoms with Crippen molar-refractivity contribution >= 4 is 46.7 Å². The summed E-state index contributed by atoms with van der Waals surface area (Å²) in [6.07, 6.45) is 3.51. The van der Waals surface area contributed by atoms with E-state index in [0.717, 1.165) is 19.0 Å². The Balaban J connectivity index is 1.51. The van der Waals surface area contributed by atoms with Crippen molar-refractivity contribution in [3.8, 4) is 5.75 Å². The first-order valence-corrected chi connectivity index (χ1v) is 13.4. The van der Waals surface area contributed by atoms with E-state index in [4.69, 9.17) is 13.6 Å². The van der Waals surface area contributed by atoms with E-state index in [9.17, 15) is 19.2 Å². The van der Waals surface area contributed by atoms with Crippen LogP contribution in [-0.2, 0) is 16.1 Å². The molecule has 1 aliphatic rings. The van der Waals surface area contributed by atoms with Gasteiger partial charge < -0.3 is 30.7 Å². The maximum atomic E-state index is 13.2. The maximum absolute atomic E-state index is 13.2. The number of aromatic nitrogens is 2. The van der Waals surface area contributed by atoms with E-state index in [1.807, 2.05) is 5.32 Å². The fraction of sp³-hybridized carbons (Fsp3) is 0.333. The van der Waals surface area contributed by atoms with Crippen LogP contribution in [0.2, 0.25) is 0 Å². The largest absolute Gasteiger partial charge is 0.494 e. The first-order valence-electron chi connectivity index (χ1n) is 14.9. The average Bonchev–Trinajstić information content (AvgIpc) is 3.81. The summed E-state index contributed by atoms with van der Waals surface area (Å²) in [5, 5.41) is 13.0. The van der Waals surface area contributed by atoms with Crippen molar-refractivity contribution < 1.29 is 32.8 Å². The van der Waals surface area contributed by atoms with Gasteiger partial charge in [-0.15, -0.1) is 0 Å². The Labute approximate surface area is 253 Å². The van der Waals surface area contributed by atoms with Crippen LogP contribution in [0.25, 0.3) is 0 Å². The second-order valence-electron chi connectivity index (χ2n) is 10.7. The number of amides is 4. The van der Waals surface area contributed by atoms with E-state index < -0.39 is 30.5 Å². The predicted octanol–water partition coefficient (Wildman–Crippen LogP) is 4.21. The van der Waals surface area contributed by atoms with Crippen LogP contribution >= 0.6 is 0 Å². The standard InChI is InChI=1S/C30H35N7O6/c1-30(2,3)43-29(41)35-19-12-11-18(32-15-19)14-34-28(40)20-7-6-8-22(25(20)42-5)36-23-13-24(37-26(38)17-9-10-17)33-16-21(23)27(39)31-4/h6-8,11-13,15-17H,9-10,14H2,1-5H3,(H,31,39)(H,34,40)(H,35,41)(H2,33,36,37,38)/i4D3. The molecular weight excluding hydrogens is 554 g/mol. The molecule has 0 bridgehead atoms. The Morgan fingerprint density at radius 2 is 1.77 bits per heavy atom. The number of carbonyl (C=O) groups excluding carboxylic acids is 4. The lowest BCUT2D eigenvalue weighted by Gasteiger charge is -2.19. The van der Waals surface area contributed by atoms with Crippen LogP contribution in [0.1, 0.15) is 64.1 Å². The van der Waals surface area contributed by atoms with E-state index >= 15 is 0 Å². The minimum absolute atomic E-state index is 0.0558. The van der Waals surface area contributed by atoms with Crippen molar-refractivity contribution in [3.05, 3.63) is 65.6 Å². The van der Waals surface area contributed by atoms with Crippen LogP contribution in [0.4, 0.5) is 27.7 Å². The number of ether oxygens (including phenoxy) is 2. The number of methoxy groups -OCH3 is 1. The molecule has 5 N–H and O–H groups in total. The third kappa shape index (κ3) is 8.41. The Hall–Kier alpha value is -5.20. The van der Waals surface area contributed by atoms with Crippen LogP contribution in [0.3, 0.4) is 0 Å². The molecule has 226 valence electrons. The molecule has 13 heteroatoms. The summed E-state index contributed by atoms with van der Waals surface area (Å²) in [4.78, 5) is 58.7. The highest BCUT2D eigenvalue weighted by molar-refractivity contribution is 6.03. The third-order valence-electron chi connectivity index (χ3n) is 6.09. The van der Waals surface area contributed by atoms with Gasteiger partial charge in [-0.05, 0) is 57.9 Å². The number of para-hydroxylation sites is 1. The van der Waals surface area contributed by atoms with Crippen molar-refractivity contribution in [2.45, 2.75) is 45.8 Å². The number of hydrogen-bond donors (Lipinski definition) is 5. The highest BCUT2D eigenvalue weighted by atomic mass is 16.6. The molecule has 1 aliphatic carbocycles. The summed E-state index contributed by atoms with van der Waals surface area (Å²) in [5.41, 5.74) is 0.707. The van der Waals surface area contributed by atoms with Gasteiger partial charge in [-0.1, -0.05) is 6.07 Å². The lowest BCUT2D eigenvalue weighted by Crippen LogP contribution is -2.27. The molecule has 4 rings (SSSR count). The minimum Gasteiger partial charge on any atom is -0.494 e. The molecule has 0 aliphatic heterocycles. The third-order valence-corrected chi connectivity index (χ3v) is 6.09. The number of nitrogens with zero attached hydrogens (tertiary/aromatic N) is 2. The fourth-order valence-corrected chi connectivity index (χ4v) is 3.92. The molecule has 0 unspecified atom stereocenters. The lowest BCUT2D eigenvalue weighted by molar-refractivity contribution is -0.117. The Morgan fingerprint density at radius 3 is 2.42 bits per heavy atom. The zero-order chi connectivity index (χ0) is 33.6. The van der Waals surface area contributed by atoms with Gasteiger partial charge >= 0.3 is 6.09 Å². The van der Waals surface area contributed by atoms with Gasteiger partial charge in [-0.25, -0.2) is 9.78 Å². The molecule has 2 aromatic heterocycles. The topological polar surface area (TPSA) is 173 Å². The van der Waals surface area contributed by atoms with Gasteiger partial charge in [0.1, 0.15) is 11.4 Å². The van der Waals surface area contributed by atoms with E-state index in [2.05, 4.69) is 31.2 Å². The molecule has 1 saturated carbocycles. The van der Waals surface area contributed by atoms with Crippen LogP contribution in [0.15, 0.2) is 48.8 Å². The van der Waals surface area contributed by atoms with Crippen molar-refractivity contribution in [3.63, 3.8) is 0 Å². The van der Waals surface area contributed by atoms with Gasteiger partial charge in [-0.3, -0.25) is 24.7 Å². The number of nitrogens with one attached hydrogen (secondary N) is 5. The monoisotopic (exact) mass is 592 g/mol. The molecule has 3 aromatic rings. The lowest BCUT2D eigenvalue weighted by atomic mass is 10.1. The number of benzene rings is 1. The molecule has 4 amide bonds. The van der Waals surface area contributed by atoms with Gasteiger partial charge in [0, 0.05) is 29.3 Å². The normalized spacial score (nSPS) is 13.8. The molecule has 0 radical (unpaired) electrons. The SMILES string of the molecule is [2H]C([2H])([2H])NC(=O)c1cnc(NC(=O)C2CC2)cc1Nc1cccc(C(=O)NCc2ccc(NC(=O)OC(C)(C)C)cn2)c1OC. The van der Waals surface area contributed by atoms with Crippen molar-refractivity contribution in [1.29, 1.82) is 0 Å². The molecular formula is C30H35N7O6. The van der Waals surface area contributed by atoms with Crippen LogP contribution < -0.4 is 31.3 Å². The number of carbonyl (C=O) groups is 4. The van der Waals surface area contributed by atoms with E-state index in [0.29, 0.717) is 11.4 Å². The van der Waals surface area contributed by atoms with Crippen LogP contribution in [0, 0.1) is 5.92 Å². The molecule has 1 fully saturated rings. The summed E-state index contributed by atoms with van der Waals surface area (Å²) in [6.45, 7) is 2.56. The fourth-order valence-electron chi connectivity index (χ4n) is 3.92. The Bertz CT molecular complexity index is 1620. The molecule has 0 atom stereocenters. The Morgan fingerprint density at radius 1 is 0.977 bits per heavy atom. The molecule has 0 saturated heterocycles. The second kappa shape index (κ2) is 13.2. The smallest absolute Gasteiger partial charge is 0.412 e. The first-order chi connectivity index (χ1) is 21.6. The number of anilines is 4. The maximum Gasteiger partial charge on any atom is 0.412 e. The average molecular weight is 593 g/mol. The zero-order valence-corrected chi connectivity index (χ0v) is 24.2. The predicted molar refractivity (Wildman–Crippen MR) is 161 cm³/mol. The van der Waals surface area contributed by atoms with Crippen molar-refractivity contribution in [2.24, 2.45) is 5.92 Å². The quantitative estimate of drug-likeness (QED) is 0.231. The minimum atomic E-state index is -2.76. The number of rotatable bonds is 10. The summed E-state index contributed by atoms with van der Waals surface area (Å²) in [5.74, 6) is -1.45. The molecule has 13 nitrogen and oxygen atoms in total. The van der Waals surface area contributed by atoms with E-state index in [1.165, 1.54) is 25.4 Å². The molecule has 0 spiro atoms. The van der Waals surface area contributed by atoms with Gasteiger partial charge in [0.25, 0.3) is 11.8 Å². The van der Waals surface area contributed by atoms with Gasteiger partial charge in [-0.2, -0.15) is 0 Å². The summed E-state index contributed by atoms with van der Waals surface area (Å²) in [7, 11) is 1.37. The summed E-state index contributed by atoms with van der Waals surface area (Å²) < 4.78 is 33.0. The van der Waals surface area contributed by atoms with Gasteiger partial charge in [0.05, 0.1) is 53.7 Å². The number of hydrogen-bond acceptors (Lipinski definition) is 9. The van der Waals surface area contributed by atoms with Crippen molar-refractivity contribution in [1.82, 2.24) is 20.6 Å². The highest BCUT2D eigenvalue weighted by Gasteiger charge is 2.30. The highest BCUT2D eigenvalue weighted by Crippen LogP contribution is 2.34. The second-order valence-corrected chi connectivity index (χ2v) is 10.7.